The first kappa shape index (κ1) is 23.5. The van der Waals surface area contributed by atoms with E-state index in [1.807, 2.05) is 6.07 Å². The molecule has 8 nitrogen and oxygen atoms in total. The van der Waals surface area contributed by atoms with E-state index in [2.05, 4.69) is 4.98 Å². The number of hydrogen-bond donors (Lipinski definition) is 5. The lowest BCUT2D eigenvalue weighted by atomic mass is 9.84. The van der Waals surface area contributed by atoms with E-state index < -0.39 is 12.1 Å². The van der Waals surface area contributed by atoms with Crippen LogP contribution in [-0.2, 0) is 17.6 Å². The van der Waals surface area contributed by atoms with Crippen molar-refractivity contribution in [3.8, 4) is 5.88 Å². The molecule has 1 aliphatic rings. The summed E-state index contributed by atoms with van der Waals surface area (Å²) in [5.41, 5.74) is 6.71. The number of aromatic amines is 1. The summed E-state index contributed by atoms with van der Waals surface area (Å²) in [5.74, 6) is -0.348. The summed E-state index contributed by atoms with van der Waals surface area (Å²) in [5, 5.41) is 28.8. The molecule has 0 bridgehead atoms. The second-order valence-electron chi connectivity index (χ2n) is 8.09. The van der Waals surface area contributed by atoms with E-state index in [0.717, 1.165) is 29.7 Å². The van der Waals surface area contributed by atoms with Gasteiger partial charge in [-0.05, 0) is 68.1 Å². The van der Waals surface area contributed by atoms with E-state index >= 15 is 0 Å². The van der Waals surface area contributed by atoms with Crippen LogP contribution in [0.5, 0.6) is 5.88 Å². The van der Waals surface area contributed by atoms with Crippen molar-refractivity contribution in [1.82, 2.24) is 4.98 Å². The topological polar surface area (TPSA) is 146 Å². The van der Waals surface area contributed by atoms with Crippen LogP contribution in [0.1, 0.15) is 45.8 Å². The summed E-state index contributed by atoms with van der Waals surface area (Å²) in [6, 6.07) is 6.60. The molecule has 2 aromatic heterocycles. The number of ether oxygens (including phenoxy) is 1. The van der Waals surface area contributed by atoms with Crippen LogP contribution in [0.25, 0.3) is 0 Å². The van der Waals surface area contributed by atoms with Crippen molar-refractivity contribution in [2.24, 2.45) is 17.6 Å². The predicted molar refractivity (Wildman–Crippen MR) is 117 cm³/mol. The summed E-state index contributed by atoms with van der Waals surface area (Å²) in [7, 11) is 0. The fraction of sp³-hybridized carbons (Fsp3) is 0.545. The number of aromatic nitrogens is 1. The third-order valence-corrected chi connectivity index (χ3v) is 7.04. The van der Waals surface area contributed by atoms with Crippen molar-refractivity contribution >= 4 is 17.3 Å². The second-order valence-corrected chi connectivity index (χ2v) is 9.26. The van der Waals surface area contributed by atoms with Crippen LogP contribution in [0.2, 0.25) is 0 Å². The molecular weight excluding hydrogens is 420 g/mol. The van der Waals surface area contributed by atoms with E-state index in [4.69, 9.17) is 15.6 Å². The van der Waals surface area contributed by atoms with E-state index in [1.165, 1.54) is 23.5 Å². The van der Waals surface area contributed by atoms with Gasteiger partial charge in [0.1, 0.15) is 11.5 Å². The average molecular weight is 451 g/mol. The Bertz CT molecular complexity index is 927. The van der Waals surface area contributed by atoms with Gasteiger partial charge in [-0.15, -0.1) is 11.3 Å². The number of rotatable bonds is 10. The van der Waals surface area contributed by atoms with Gasteiger partial charge in [-0.1, -0.05) is 0 Å². The molecule has 1 saturated carbocycles. The Morgan fingerprint density at radius 2 is 2.03 bits per heavy atom. The molecule has 0 spiro atoms. The number of hydrogen-bond acceptors (Lipinski definition) is 8. The van der Waals surface area contributed by atoms with Gasteiger partial charge >= 0.3 is 5.97 Å². The maximum absolute atomic E-state index is 11.8. The number of aryl methyl sites for hydroxylation is 2. The molecule has 2 aromatic rings. The highest BCUT2D eigenvalue weighted by Gasteiger charge is 2.39. The van der Waals surface area contributed by atoms with Crippen molar-refractivity contribution in [3.63, 3.8) is 0 Å². The van der Waals surface area contributed by atoms with Crippen molar-refractivity contribution in [2.75, 3.05) is 13.2 Å². The maximum atomic E-state index is 11.8. The zero-order valence-electron chi connectivity index (χ0n) is 17.3. The average Bonchev–Trinajstić information content (AvgIpc) is 3.28. The molecule has 9 heteroatoms. The molecule has 170 valence electrons. The van der Waals surface area contributed by atoms with E-state index in [1.54, 1.807) is 6.07 Å². The summed E-state index contributed by atoms with van der Waals surface area (Å²) in [6.07, 6.45) is 3.95. The largest absolute Gasteiger partial charge is 0.495 e. The number of aromatic hydroxyl groups is 1. The number of aliphatic hydroxyl groups is 2. The molecule has 0 aliphatic heterocycles. The van der Waals surface area contributed by atoms with Crippen molar-refractivity contribution in [3.05, 3.63) is 49.9 Å². The van der Waals surface area contributed by atoms with Crippen LogP contribution >= 0.6 is 11.3 Å². The third-order valence-electron chi connectivity index (χ3n) is 5.91. The SMILES string of the molecule is NC1CC(O)[C@H](CCc2cc(O)[nH]c(=O)c2)C1CCCc1ccc(C(=O)OCCO)s1. The molecular formula is C22H30N2O6S. The first-order chi connectivity index (χ1) is 14.9. The lowest BCUT2D eigenvalue weighted by molar-refractivity contribution is 0.0439. The highest BCUT2D eigenvalue weighted by Crippen LogP contribution is 2.38. The van der Waals surface area contributed by atoms with Crippen molar-refractivity contribution in [1.29, 1.82) is 0 Å². The molecule has 6 N–H and O–H groups in total. The molecule has 31 heavy (non-hydrogen) atoms. The smallest absolute Gasteiger partial charge is 0.348 e. The Labute approximate surface area is 184 Å². The predicted octanol–water partition coefficient (Wildman–Crippen LogP) is 1.57. The number of H-pyrrole nitrogens is 1. The minimum Gasteiger partial charge on any atom is -0.495 e. The molecule has 0 radical (unpaired) electrons. The monoisotopic (exact) mass is 450 g/mol. The van der Waals surface area contributed by atoms with Crippen molar-refractivity contribution < 1.29 is 24.9 Å². The Hall–Kier alpha value is -2.20. The highest BCUT2D eigenvalue weighted by molar-refractivity contribution is 7.13. The fourth-order valence-electron chi connectivity index (χ4n) is 4.47. The van der Waals surface area contributed by atoms with Gasteiger partial charge in [0.25, 0.3) is 5.56 Å². The van der Waals surface area contributed by atoms with Crippen LogP contribution in [0, 0.1) is 11.8 Å². The Morgan fingerprint density at radius 3 is 2.77 bits per heavy atom. The number of carbonyl (C=O) groups excluding carboxylic acids is 1. The summed E-state index contributed by atoms with van der Waals surface area (Å²) in [6.45, 7) is -0.201. The lowest BCUT2D eigenvalue weighted by Gasteiger charge is -2.24. The number of nitrogens with one attached hydrogen (secondary N) is 1. The molecule has 0 saturated heterocycles. The van der Waals surface area contributed by atoms with Crippen LogP contribution in [-0.4, -0.2) is 51.6 Å². The lowest BCUT2D eigenvalue weighted by Crippen LogP contribution is -2.28. The number of pyridine rings is 1. The van der Waals surface area contributed by atoms with Crippen LogP contribution in [0.4, 0.5) is 0 Å². The summed E-state index contributed by atoms with van der Waals surface area (Å²) in [4.78, 5) is 27.3. The fourth-order valence-corrected chi connectivity index (χ4v) is 5.41. The molecule has 0 aromatic carbocycles. The van der Waals surface area contributed by atoms with Crippen LogP contribution in [0.15, 0.2) is 29.1 Å². The molecule has 4 atom stereocenters. The third kappa shape index (κ3) is 6.39. The molecule has 1 aliphatic carbocycles. The number of carbonyl (C=O) groups is 1. The standard InChI is InChI=1S/C22H30N2O6S/c23-17-12-18(26)16(6-4-13-10-20(27)24-21(28)11-13)15(17)3-1-2-14-5-7-19(31-14)22(29)30-9-8-25/h5,7,10-11,15-18,25-26H,1-4,6,8-9,12,23H2,(H2,24,27,28)/t15?,16-,17?,18?/m1/s1. The molecule has 3 unspecified atom stereocenters. The van der Waals surface area contributed by atoms with Gasteiger partial charge in [0.2, 0.25) is 0 Å². The second kappa shape index (κ2) is 10.9. The van der Waals surface area contributed by atoms with Crippen molar-refractivity contribution in [2.45, 2.75) is 50.7 Å². The van der Waals surface area contributed by atoms with E-state index in [-0.39, 0.29) is 42.5 Å². The van der Waals surface area contributed by atoms with Crippen LogP contribution < -0.4 is 11.3 Å². The van der Waals surface area contributed by atoms with Gasteiger partial charge in [0.15, 0.2) is 5.88 Å². The maximum Gasteiger partial charge on any atom is 0.348 e. The minimum absolute atomic E-state index is 0.00761. The van der Waals surface area contributed by atoms with E-state index in [0.29, 0.717) is 24.1 Å². The number of thiophene rings is 1. The quantitative estimate of drug-likeness (QED) is 0.345. The van der Waals surface area contributed by atoms with Gasteiger partial charge < -0.3 is 25.8 Å². The normalized spacial score (nSPS) is 23.2. The molecule has 3 rings (SSSR count). The van der Waals surface area contributed by atoms with Gasteiger partial charge in [-0.3, -0.25) is 9.78 Å². The van der Waals surface area contributed by atoms with Gasteiger partial charge in [0, 0.05) is 23.1 Å². The van der Waals surface area contributed by atoms with Crippen LogP contribution in [0.3, 0.4) is 0 Å². The highest BCUT2D eigenvalue weighted by atomic mass is 32.1. The number of esters is 1. The number of nitrogens with two attached hydrogens (primary N) is 1. The zero-order chi connectivity index (χ0) is 22.4. The van der Waals surface area contributed by atoms with E-state index in [9.17, 15) is 19.8 Å². The Balaban J connectivity index is 1.52. The molecule has 1 fully saturated rings. The Morgan fingerprint density at radius 1 is 1.23 bits per heavy atom. The first-order valence-electron chi connectivity index (χ1n) is 10.6. The van der Waals surface area contributed by atoms with Gasteiger partial charge in [-0.2, -0.15) is 0 Å². The zero-order valence-corrected chi connectivity index (χ0v) is 18.1. The first-order valence-corrected chi connectivity index (χ1v) is 11.4. The Kier molecular flexibility index (Phi) is 8.25. The number of aliphatic hydroxyl groups excluding tert-OH is 2. The van der Waals surface area contributed by atoms with Gasteiger partial charge in [-0.25, -0.2) is 4.79 Å². The summed E-state index contributed by atoms with van der Waals surface area (Å²) < 4.78 is 4.93. The molecule has 0 amide bonds. The molecule has 2 heterocycles. The minimum atomic E-state index is -0.467. The summed E-state index contributed by atoms with van der Waals surface area (Å²) >= 11 is 1.39. The van der Waals surface area contributed by atoms with Gasteiger partial charge in [0.05, 0.1) is 12.7 Å².